The summed E-state index contributed by atoms with van der Waals surface area (Å²) in [6, 6.07) is 2.17. The smallest absolute Gasteiger partial charge is 0.339 e. The first-order valence-electron chi connectivity index (χ1n) is 6.01. The molecule has 2 rings (SSSR count). The third-order valence-electron chi connectivity index (χ3n) is 2.95. The fourth-order valence-electron chi connectivity index (χ4n) is 1.88. The lowest BCUT2D eigenvalue weighted by molar-refractivity contribution is -0.0159. The van der Waals surface area contributed by atoms with Crippen molar-refractivity contribution in [3.05, 3.63) is 27.7 Å². The third kappa shape index (κ3) is 4.23. The maximum Gasteiger partial charge on any atom is 0.339 e. The molecule has 0 bridgehead atoms. The lowest BCUT2D eigenvalue weighted by Gasteiger charge is -2.22. The maximum atomic E-state index is 12.1. The molecule has 1 aromatic carbocycles. The molecule has 0 aliphatic carbocycles. The number of benzene rings is 1. The van der Waals surface area contributed by atoms with Crippen molar-refractivity contribution < 1.29 is 22.7 Å². The summed E-state index contributed by atoms with van der Waals surface area (Å²) >= 11 is 11.7. The number of carbonyl (C=O) groups excluding carboxylic acids is 1. The molecule has 0 aromatic heterocycles. The molecule has 0 amide bonds. The number of carbonyl (C=O) groups is 1. The molecule has 21 heavy (non-hydrogen) atoms. The van der Waals surface area contributed by atoms with Crippen LogP contribution in [0.25, 0.3) is 0 Å². The molecular formula is C12H11Cl3O5S. The second kappa shape index (κ2) is 6.71. The molecule has 0 radical (unpaired) electrons. The number of ether oxygens (including phenoxy) is 2. The van der Waals surface area contributed by atoms with E-state index in [1.807, 2.05) is 0 Å². The molecular weight excluding hydrogens is 363 g/mol. The zero-order chi connectivity index (χ0) is 15.6. The predicted molar refractivity (Wildman–Crippen MR) is 78.8 cm³/mol. The molecule has 1 aliphatic rings. The van der Waals surface area contributed by atoms with Crippen LogP contribution in [-0.2, 0) is 18.5 Å². The van der Waals surface area contributed by atoms with Gasteiger partial charge < -0.3 is 9.47 Å². The summed E-state index contributed by atoms with van der Waals surface area (Å²) in [6.45, 7) is 1.02. The van der Waals surface area contributed by atoms with E-state index in [1.54, 1.807) is 0 Å². The number of rotatable bonds is 3. The van der Waals surface area contributed by atoms with Crippen molar-refractivity contribution in [1.29, 1.82) is 0 Å². The van der Waals surface area contributed by atoms with E-state index in [2.05, 4.69) is 0 Å². The third-order valence-corrected chi connectivity index (χ3v) is 5.05. The highest BCUT2D eigenvalue weighted by Gasteiger charge is 2.24. The highest BCUT2D eigenvalue weighted by Crippen LogP contribution is 2.31. The van der Waals surface area contributed by atoms with Crippen LogP contribution in [0, 0.1) is 0 Å². The van der Waals surface area contributed by atoms with Crippen molar-refractivity contribution in [3.63, 3.8) is 0 Å². The molecule has 9 heteroatoms. The Bertz CT molecular complexity index is 653. The first-order chi connectivity index (χ1) is 9.79. The van der Waals surface area contributed by atoms with E-state index >= 15 is 0 Å². The van der Waals surface area contributed by atoms with Gasteiger partial charge in [-0.25, -0.2) is 13.2 Å². The largest absolute Gasteiger partial charge is 0.459 e. The zero-order valence-corrected chi connectivity index (χ0v) is 13.7. The lowest BCUT2D eigenvalue weighted by Crippen LogP contribution is -2.26. The Labute approximate surface area is 136 Å². The van der Waals surface area contributed by atoms with Gasteiger partial charge in [-0.3, -0.25) is 0 Å². The molecule has 1 saturated heterocycles. The van der Waals surface area contributed by atoms with E-state index in [4.69, 9.17) is 43.4 Å². The fraction of sp³-hybridized carbons (Fsp3) is 0.417. The molecule has 0 atom stereocenters. The Morgan fingerprint density at radius 1 is 1.19 bits per heavy atom. The molecule has 0 spiro atoms. The SMILES string of the molecule is O=C(OC1CCOCC1)c1cc(S(=O)(=O)Cl)c(Cl)cc1Cl. The molecule has 116 valence electrons. The maximum absolute atomic E-state index is 12.1. The number of hydrogen-bond acceptors (Lipinski definition) is 5. The molecule has 1 aliphatic heterocycles. The average Bonchev–Trinajstić information content (AvgIpc) is 2.38. The van der Waals surface area contributed by atoms with Crippen LogP contribution in [0.2, 0.25) is 10.0 Å². The Morgan fingerprint density at radius 2 is 1.81 bits per heavy atom. The van der Waals surface area contributed by atoms with Crippen LogP contribution in [0.3, 0.4) is 0 Å². The van der Waals surface area contributed by atoms with Crippen LogP contribution in [0.15, 0.2) is 17.0 Å². The minimum atomic E-state index is -4.09. The number of halogens is 3. The minimum Gasteiger partial charge on any atom is -0.459 e. The number of hydrogen-bond donors (Lipinski definition) is 0. The van der Waals surface area contributed by atoms with Gasteiger partial charge in [-0.05, 0) is 12.1 Å². The van der Waals surface area contributed by atoms with E-state index in [0.29, 0.717) is 26.1 Å². The quantitative estimate of drug-likeness (QED) is 0.601. The highest BCUT2D eigenvalue weighted by atomic mass is 35.7. The van der Waals surface area contributed by atoms with Crippen LogP contribution in [0.5, 0.6) is 0 Å². The topological polar surface area (TPSA) is 69.7 Å². The van der Waals surface area contributed by atoms with E-state index in [-0.39, 0.29) is 26.6 Å². The van der Waals surface area contributed by atoms with E-state index in [9.17, 15) is 13.2 Å². The lowest BCUT2D eigenvalue weighted by atomic mass is 10.1. The van der Waals surface area contributed by atoms with Gasteiger partial charge in [0.1, 0.15) is 11.0 Å². The minimum absolute atomic E-state index is 0.00104. The first kappa shape index (κ1) is 16.8. The summed E-state index contributed by atoms with van der Waals surface area (Å²) in [6.07, 6.45) is 0.879. The normalized spacial score (nSPS) is 16.7. The van der Waals surface area contributed by atoms with Crippen molar-refractivity contribution >= 4 is 48.9 Å². The fourth-order valence-corrected chi connectivity index (χ4v) is 3.70. The van der Waals surface area contributed by atoms with Crippen molar-refractivity contribution in [1.82, 2.24) is 0 Å². The molecule has 1 aromatic rings. The Kier molecular flexibility index (Phi) is 5.38. The Morgan fingerprint density at radius 3 is 2.38 bits per heavy atom. The van der Waals surface area contributed by atoms with Crippen molar-refractivity contribution in [2.45, 2.75) is 23.8 Å². The van der Waals surface area contributed by atoms with Gasteiger partial charge in [0.2, 0.25) is 0 Å². The number of esters is 1. The van der Waals surface area contributed by atoms with Gasteiger partial charge in [0, 0.05) is 23.5 Å². The summed E-state index contributed by atoms with van der Waals surface area (Å²) in [4.78, 5) is 11.7. The summed E-state index contributed by atoms with van der Waals surface area (Å²) < 4.78 is 33.2. The standard InChI is InChI=1S/C12H11Cl3O5S/c13-9-6-10(14)11(21(15,17)18)5-8(9)12(16)20-7-1-3-19-4-2-7/h5-7H,1-4H2. The molecule has 1 fully saturated rings. The Hall–Kier alpha value is -0.530. The molecule has 5 nitrogen and oxygen atoms in total. The van der Waals surface area contributed by atoms with Gasteiger partial charge >= 0.3 is 5.97 Å². The van der Waals surface area contributed by atoms with E-state index in [0.717, 1.165) is 12.1 Å². The van der Waals surface area contributed by atoms with Gasteiger partial charge in [0.25, 0.3) is 9.05 Å². The molecule has 0 N–H and O–H groups in total. The zero-order valence-electron chi connectivity index (χ0n) is 10.6. The average molecular weight is 374 g/mol. The van der Waals surface area contributed by atoms with Gasteiger partial charge in [-0.2, -0.15) is 0 Å². The summed E-state index contributed by atoms with van der Waals surface area (Å²) in [5, 5.41) is -0.154. The van der Waals surface area contributed by atoms with Crippen molar-refractivity contribution in [2.75, 3.05) is 13.2 Å². The van der Waals surface area contributed by atoms with E-state index in [1.165, 1.54) is 0 Å². The summed E-state index contributed by atoms with van der Waals surface area (Å²) in [5.74, 6) is -0.717. The van der Waals surface area contributed by atoms with Gasteiger partial charge in [0.15, 0.2) is 0 Å². The van der Waals surface area contributed by atoms with Crippen LogP contribution >= 0.6 is 33.9 Å². The van der Waals surface area contributed by atoms with Crippen molar-refractivity contribution in [2.24, 2.45) is 0 Å². The van der Waals surface area contributed by atoms with Crippen LogP contribution in [-0.4, -0.2) is 33.7 Å². The van der Waals surface area contributed by atoms with Gasteiger partial charge in [-0.1, -0.05) is 23.2 Å². The highest BCUT2D eigenvalue weighted by molar-refractivity contribution is 8.13. The molecule has 0 saturated carbocycles. The van der Waals surface area contributed by atoms with Crippen LogP contribution in [0.1, 0.15) is 23.2 Å². The van der Waals surface area contributed by atoms with Gasteiger partial charge in [-0.15, -0.1) is 0 Å². The monoisotopic (exact) mass is 372 g/mol. The van der Waals surface area contributed by atoms with Crippen LogP contribution < -0.4 is 0 Å². The summed E-state index contributed by atoms with van der Waals surface area (Å²) in [7, 11) is 1.18. The van der Waals surface area contributed by atoms with Gasteiger partial charge in [0.05, 0.1) is 28.8 Å². The Balaban J connectivity index is 2.28. The predicted octanol–water partition coefficient (Wildman–Crippen LogP) is 3.26. The molecule has 0 unspecified atom stereocenters. The summed E-state index contributed by atoms with van der Waals surface area (Å²) in [5.41, 5.74) is -0.0909. The second-order valence-corrected chi connectivity index (χ2v) is 7.77. The van der Waals surface area contributed by atoms with Crippen molar-refractivity contribution in [3.8, 4) is 0 Å². The van der Waals surface area contributed by atoms with E-state index < -0.39 is 15.0 Å². The molecule has 1 heterocycles. The van der Waals surface area contributed by atoms with Crippen LogP contribution in [0.4, 0.5) is 0 Å². The first-order valence-corrected chi connectivity index (χ1v) is 9.08. The second-order valence-electron chi connectivity index (χ2n) is 4.42.